The zero-order valence-corrected chi connectivity index (χ0v) is 12.4. The summed E-state index contributed by atoms with van der Waals surface area (Å²) in [5, 5.41) is 16.9. The molecule has 0 amide bonds. The second kappa shape index (κ2) is 6.84. The van der Waals surface area contributed by atoms with Crippen LogP contribution >= 0.6 is 23.2 Å². The first-order chi connectivity index (χ1) is 9.56. The third kappa shape index (κ3) is 4.48. The molecule has 1 rings (SSSR count). The lowest BCUT2D eigenvalue weighted by atomic mass is 10.2. The van der Waals surface area contributed by atoms with Gasteiger partial charge in [-0.1, -0.05) is 23.2 Å². The van der Waals surface area contributed by atoms with Gasteiger partial charge < -0.3 is 10.2 Å². The van der Waals surface area contributed by atoms with E-state index in [-0.39, 0.29) is 5.02 Å². The second-order valence-electron chi connectivity index (χ2n) is 3.82. The fourth-order valence-corrected chi connectivity index (χ4v) is 3.23. The smallest absolute Gasteiger partial charge is 0.337 e. The number of aliphatic hydroxyl groups is 1. The highest BCUT2D eigenvalue weighted by molar-refractivity contribution is 7.89. The number of carboxylic acid groups (broad SMARTS) is 1. The SMILES string of the molecule is O=C(O)c1cc(Cl)cc(S(=O)(=O)NCC(O)C(F)F)c1Cl. The van der Waals surface area contributed by atoms with Gasteiger partial charge in [0.25, 0.3) is 6.43 Å². The summed E-state index contributed by atoms with van der Waals surface area (Å²) in [5.41, 5.74) is -0.557. The van der Waals surface area contributed by atoms with E-state index in [2.05, 4.69) is 0 Å². The van der Waals surface area contributed by atoms with E-state index in [0.29, 0.717) is 0 Å². The molecule has 0 spiro atoms. The molecule has 0 bridgehead atoms. The van der Waals surface area contributed by atoms with Crippen LogP contribution in [0.15, 0.2) is 17.0 Å². The molecule has 0 aromatic heterocycles. The van der Waals surface area contributed by atoms with Crippen molar-refractivity contribution in [3.63, 3.8) is 0 Å². The van der Waals surface area contributed by atoms with Crippen molar-refractivity contribution in [3.05, 3.63) is 27.7 Å². The summed E-state index contributed by atoms with van der Waals surface area (Å²) < 4.78 is 49.7. The first kappa shape index (κ1) is 18.1. The molecular weight excluding hydrogens is 355 g/mol. The van der Waals surface area contributed by atoms with Crippen LogP contribution in [0.1, 0.15) is 10.4 Å². The van der Waals surface area contributed by atoms with Gasteiger partial charge in [-0.05, 0) is 12.1 Å². The van der Waals surface area contributed by atoms with E-state index < -0.39 is 50.5 Å². The number of hydrogen-bond donors (Lipinski definition) is 3. The predicted octanol–water partition coefficient (Wildman–Crippen LogP) is 1.60. The summed E-state index contributed by atoms with van der Waals surface area (Å²) in [6, 6.07) is 1.81. The number of sulfonamides is 1. The second-order valence-corrected chi connectivity index (χ2v) is 6.37. The van der Waals surface area contributed by atoms with Gasteiger partial charge in [0.05, 0.1) is 10.6 Å². The van der Waals surface area contributed by atoms with E-state index >= 15 is 0 Å². The molecule has 3 N–H and O–H groups in total. The minimum atomic E-state index is -4.42. The van der Waals surface area contributed by atoms with Crippen molar-refractivity contribution in [1.29, 1.82) is 0 Å². The first-order valence-corrected chi connectivity index (χ1v) is 7.48. The van der Waals surface area contributed by atoms with E-state index in [4.69, 9.17) is 33.4 Å². The maximum atomic E-state index is 12.1. The maximum Gasteiger partial charge on any atom is 0.337 e. The Balaban J connectivity index is 3.17. The van der Waals surface area contributed by atoms with Crippen LogP contribution < -0.4 is 4.72 Å². The van der Waals surface area contributed by atoms with Gasteiger partial charge in [-0.3, -0.25) is 0 Å². The van der Waals surface area contributed by atoms with E-state index in [1.54, 1.807) is 4.72 Å². The van der Waals surface area contributed by atoms with Gasteiger partial charge >= 0.3 is 5.97 Å². The summed E-state index contributed by atoms with van der Waals surface area (Å²) >= 11 is 11.3. The van der Waals surface area contributed by atoms with Crippen molar-refractivity contribution in [2.75, 3.05) is 6.54 Å². The van der Waals surface area contributed by atoms with Crippen LogP contribution in [-0.4, -0.2) is 43.7 Å². The maximum absolute atomic E-state index is 12.1. The first-order valence-electron chi connectivity index (χ1n) is 5.24. The number of aromatic carboxylic acids is 1. The van der Waals surface area contributed by atoms with Crippen molar-refractivity contribution >= 4 is 39.2 Å². The summed E-state index contributed by atoms with van der Waals surface area (Å²) in [6.45, 7) is -0.967. The van der Waals surface area contributed by atoms with Gasteiger partial charge in [-0.2, -0.15) is 0 Å². The van der Waals surface area contributed by atoms with Crippen LogP contribution in [0.3, 0.4) is 0 Å². The van der Waals surface area contributed by atoms with Crippen molar-refractivity contribution < 1.29 is 32.2 Å². The highest BCUT2D eigenvalue weighted by Gasteiger charge is 2.26. The number of benzene rings is 1. The van der Waals surface area contributed by atoms with E-state index in [1.165, 1.54) is 0 Å². The molecule has 0 saturated heterocycles. The predicted molar refractivity (Wildman–Crippen MR) is 70.6 cm³/mol. The number of alkyl halides is 2. The molecule has 11 heteroatoms. The van der Waals surface area contributed by atoms with Crippen molar-refractivity contribution in [3.8, 4) is 0 Å². The molecular formula is C10H9Cl2F2NO5S. The summed E-state index contributed by atoms with van der Waals surface area (Å²) in [6.07, 6.45) is -5.35. The number of hydrogen-bond acceptors (Lipinski definition) is 4. The average molecular weight is 364 g/mol. The van der Waals surface area contributed by atoms with E-state index in [0.717, 1.165) is 12.1 Å². The molecule has 0 heterocycles. The summed E-state index contributed by atoms with van der Waals surface area (Å²) in [5.74, 6) is -1.51. The van der Waals surface area contributed by atoms with Crippen LogP contribution in [0.5, 0.6) is 0 Å². The Kier molecular flexibility index (Phi) is 5.88. The minimum absolute atomic E-state index is 0.216. The monoisotopic (exact) mass is 363 g/mol. The van der Waals surface area contributed by atoms with Crippen LogP contribution in [0.2, 0.25) is 10.0 Å². The Labute approximate surface area is 128 Å². The Bertz CT molecular complexity index is 653. The van der Waals surface area contributed by atoms with Gasteiger partial charge in [-0.25, -0.2) is 26.7 Å². The molecule has 0 radical (unpaired) electrons. The molecule has 118 valence electrons. The number of aliphatic hydroxyl groups excluding tert-OH is 1. The third-order valence-corrected chi connectivity index (χ3v) is 4.48. The lowest BCUT2D eigenvalue weighted by Gasteiger charge is -2.13. The highest BCUT2D eigenvalue weighted by atomic mass is 35.5. The summed E-state index contributed by atoms with van der Waals surface area (Å²) in [4.78, 5) is 10.2. The van der Waals surface area contributed by atoms with E-state index in [9.17, 15) is 22.0 Å². The van der Waals surface area contributed by atoms with Crippen LogP contribution in [0.25, 0.3) is 0 Å². The fourth-order valence-electron chi connectivity index (χ4n) is 1.28. The van der Waals surface area contributed by atoms with Crippen LogP contribution in [0.4, 0.5) is 8.78 Å². The van der Waals surface area contributed by atoms with Gasteiger partial charge in [-0.15, -0.1) is 0 Å². The normalized spacial score (nSPS) is 13.4. The molecule has 1 aromatic carbocycles. The topological polar surface area (TPSA) is 104 Å². The Morgan fingerprint density at radius 1 is 1.33 bits per heavy atom. The average Bonchev–Trinajstić information content (AvgIpc) is 2.37. The standard InChI is InChI=1S/C10H9Cl2F2NO5S/c11-4-1-5(10(17)18)8(12)7(2-4)21(19,20)15-3-6(16)9(13)14/h1-2,6,9,15-16H,3H2,(H,17,18). The Hall–Kier alpha value is -1.00. The molecule has 6 nitrogen and oxygen atoms in total. The molecule has 0 aliphatic rings. The van der Waals surface area contributed by atoms with Gasteiger partial charge in [0.15, 0.2) is 0 Å². The van der Waals surface area contributed by atoms with Crippen LogP contribution in [-0.2, 0) is 10.0 Å². The van der Waals surface area contributed by atoms with Gasteiger partial charge in [0, 0.05) is 11.6 Å². The molecule has 0 saturated carbocycles. The minimum Gasteiger partial charge on any atom is -0.478 e. The number of halogens is 4. The lowest BCUT2D eigenvalue weighted by Crippen LogP contribution is -2.36. The molecule has 21 heavy (non-hydrogen) atoms. The number of carbonyl (C=O) groups is 1. The molecule has 1 atom stereocenters. The largest absolute Gasteiger partial charge is 0.478 e. The molecule has 0 aliphatic heterocycles. The number of rotatable bonds is 6. The quantitative estimate of drug-likeness (QED) is 0.711. The number of nitrogens with one attached hydrogen (secondary N) is 1. The summed E-state index contributed by atoms with van der Waals surface area (Å²) in [7, 11) is -4.42. The van der Waals surface area contributed by atoms with Crippen molar-refractivity contribution in [2.45, 2.75) is 17.4 Å². The van der Waals surface area contributed by atoms with Gasteiger partial charge in [0.2, 0.25) is 10.0 Å². The van der Waals surface area contributed by atoms with Crippen molar-refractivity contribution in [1.82, 2.24) is 4.72 Å². The number of carboxylic acids is 1. The Morgan fingerprint density at radius 2 is 1.90 bits per heavy atom. The van der Waals surface area contributed by atoms with Gasteiger partial charge in [0.1, 0.15) is 11.0 Å². The highest BCUT2D eigenvalue weighted by Crippen LogP contribution is 2.29. The van der Waals surface area contributed by atoms with E-state index in [1.807, 2.05) is 0 Å². The Morgan fingerprint density at radius 3 is 2.38 bits per heavy atom. The van der Waals surface area contributed by atoms with Crippen LogP contribution in [0, 0.1) is 0 Å². The zero-order chi connectivity index (χ0) is 16.4. The third-order valence-electron chi connectivity index (χ3n) is 2.30. The molecule has 1 unspecified atom stereocenters. The lowest BCUT2D eigenvalue weighted by molar-refractivity contribution is -0.000451. The van der Waals surface area contributed by atoms with Crippen molar-refractivity contribution in [2.24, 2.45) is 0 Å². The molecule has 0 fully saturated rings. The molecule has 0 aliphatic carbocycles. The molecule has 1 aromatic rings. The fraction of sp³-hybridized carbons (Fsp3) is 0.300. The zero-order valence-electron chi connectivity index (χ0n) is 10.1.